The second kappa shape index (κ2) is 5.48. The molecule has 0 spiro atoms. The van der Waals surface area contributed by atoms with Gasteiger partial charge in [0.1, 0.15) is 11.1 Å². The number of aromatic nitrogens is 1. The van der Waals surface area contributed by atoms with Crippen LogP contribution in [0.15, 0.2) is 52.5 Å². The third-order valence-electron chi connectivity index (χ3n) is 2.25. The lowest BCUT2D eigenvalue weighted by Gasteiger charge is -2.04. The molecule has 1 aromatic carbocycles. The van der Waals surface area contributed by atoms with Crippen molar-refractivity contribution in [3.63, 3.8) is 0 Å². The molecule has 2 N–H and O–H groups in total. The fraction of sp³-hybridized carbons (Fsp3) is 0.0769. The lowest BCUT2D eigenvalue weighted by Crippen LogP contribution is -1.97. The molecule has 0 saturated carbocycles. The van der Waals surface area contributed by atoms with Gasteiger partial charge in [-0.2, -0.15) is 5.26 Å². The molecule has 3 nitrogen and oxygen atoms in total. The highest BCUT2D eigenvalue weighted by Gasteiger charge is 2.05. The first-order chi connectivity index (χ1) is 8.33. The van der Waals surface area contributed by atoms with E-state index in [9.17, 15) is 0 Å². The van der Waals surface area contributed by atoms with Crippen molar-refractivity contribution in [2.24, 2.45) is 5.73 Å². The van der Waals surface area contributed by atoms with Crippen molar-refractivity contribution in [3.8, 4) is 6.07 Å². The van der Waals surface area contributed by atoms with E-state index in [0.717, 1.165) is 15.5 Å². The van der Waals surface area contributed by atoms with Gasteiger partial charge in [0, 0.05) is 17.6 Å². The maximum atomic E-state index is 9.09. The Labute approximate surface area is 104 Å². The summed E-state index contributed by atoms with van der Waals surface area (Å²) in [5, 5.41) is 9.97. The van der Waals surface area contributed by atoms with E-state index in [1.807, 2.05) is 36.4 Å². The smallest absolute Gasteiger partial charge is 0.101 e. The third-order valence-corrected chi connectivity index (χ3v) is 3.28. The summed E-state index contributed by atoms with van der Waals surface area (Å²) >= 11 is 1.48. The van der Waals surface area contributed by atoms with Crippen LogP contribution < -0.4 is 5.73 Å². The monoisotopic (exact) mass is 241 g/mol. The quantitative estimate of drug-likeness (QED) is 0.897. The number of nitrogens with two attached hydrogens (primary N) is 1. The molecule has 1 heterocycles. The van der Waals surface area contributed by atoms with Crippen molar-refractivity contribution >= 4 is 11.8 Å². The first kappa shape index (κ1) is 11.6. The number of nitrogens with zero attached hydrogens (tertiary/aromatic N) is 2. The fourth-order valence-corrected chi connectivity index (χ4v) is 2.24. The highest BCUT2D eigenvalue weighted by molar-refractivity contribution is 7.99. The number of hydrogen-bond donors (Lipinski definition) is 1. The molecular formula is C13H11N3S. The minimum Gasteiger partial charge on any atom is -0.326 e. The summed E-state index contributed by atoms with van der Waals surface area (Å²) in [4.78, 5) is 5.13. The fourth-order valence-electron chi connectivity index (χ4n) is 1.40. The van der Waals surface area contributed by atoms with E-state index >= 15 is 0 Å². The molecule has 0 unspecified atom stereocenters. The molecule has 0 aliphatic rings. The van der Waals surface area contributed by atoms with Crippen LogP contribution in [-0.4, -0.2) is 4.98 Å². The van der Waals surface area contributed by atoms with E-state index in [2.05, 4.69) is 11.1 Å². The average molecular weight is 241 g/mol. The van der Waals surface area contributed by atoms with Crippen molar-refractivity contribution < 1.29 is 0 Å². The molecule has 0 fully saturated rings. The van der Waals surface area contributed by atoms with Crippen LogP contribution in [0.4, 0.5) is 0 Å². The van der Waals surface area contributed by atoms with E-state index < -0.39 is 0 Å². The van der Waals surface area contributed by atoms with Crippen LogP contribution in [0.2, 0.25) is 0 Å². The molecule has 17 heavy (non-hydrogen) atoms. The first-order valence-corrected chi connectivity index (χ1v) is 5.97. The van der Waals surface area contributed by atoms with Crippen molar-refractivity contribution in [2.45, 2.75) is 16.5 Å². The zero-order valence-corrected chi connectivity index (χ0v) is 9.95. The molecule has 0 saturated heterocycles. The zero-order chi connectivity index (χ0) is 12.1. The molecule has 0 atom stereocenters. The molecule has 0 bridgehead atoms. The zero-order valence-electron chi connectivity index (χ0n) is 9.13. The third kappa shape index (κ3) is 2.84. The van der Waals surface area contributed by atoms with Gasteiger partial charge in [0.05, 0.1) is 5.56 Å². The van der Waals surface area contributed by atoms with Crippen molar-refractivity contribution in [3.05, 3.63) is 53.7 Å². The van der Waals surface area contributed by atoms with E-state index in [-0.39, 0.29) is 0 Å². The predicted octanol–water partition coefficient (Wildman–Crippen LogP) is 2.56. The first-order valence-electron chi connectivity index (χ1n) is 5.15. The molecule has 0 aliphatic heterocycles. The van der Waals surface area contributed by atoms with Crippen LogP contribution in [0.1, 0.15) is 11.1 Å². The minimum atomic E-state index is 0.448. The van der Waals surface area contributed by atoms with Crippen molar-refractivity contribution in [1.82, 2.24) is 4.98 Å². The molecule has 1 aromatic heterocycles. The molecule has 2 rings (SSSR count). The lowest BCUT2D eigenvalue weighted by atomic mass is 10.1. The van der Waals surface area contributed by atoms with Crippen molar-refractivity contribution in [1.29, 1.82) is 5.26 Å². The summed E-state index contributed by atoms with van der Waals surface area (Å²) in [5.74, 6) is 0. The lowest BCUT2D eigenvalue weighted by molar-refractivity contribution is 1.06. The van der Waals surface area contributed by atoms with Gasteiger partial charge in [0.2, 0.25) is 0 Å². The van der Waals surface area contributed by atoms with Gasteiger partial charge in [0.25, 0.3) is 0 Å². The Morgan fingerprint density at radius 2 is 2.18 bits per heavy atom. The minimum absolute atomic E-state index is 0.448. The van der Waals surface area contributed by atoms with E-state index in [4.69, 9.17) is 11.0 Å². The molecule has 2 aromatic rings. The van der Waals surface area contributed by atoms with Crippen LogP contribution in [0.5, 0.6) is 0 Å². The normalized spacial score (nSPS) is 9.88. The Morgan fingerprint density at radius 3 is 2.82 bits per heavy atom. The number of rotatable bonds is 3. The maximum absolute atomic E-state index is 9.09. The van der Waals surface area contributed by atoms with Crippen LogP contribution in [0.3, 0.4) is 0 Å². The van der Waals surface area contributed by atoms with Crippen LogP contribution >= 0.6 is 11.8 Å². The number of hydrogen-bond acceptors (Lipinski definition) is 4. The van der Waals surface area contributed by atoms with Gasteiger partial charge < -0.3 is 5.73 Å². The average Bonchev–Trinajstić information content (AvgIpc) is 2.40. The maximum Gasteiger partial charge on any atom is 0.101 e. The van der Waals surface area contributed by atoms with E-state index in [0.29, 0.717) is 12.1 Å². The Morgan fingerprint density at radius 1 is 1.29 bits per heavy atom. The van der Waals surface area contributed by atoms with E-state index in [1.54, 1.807) is 6.20 Å². The van der Waals surface area contributed by atoms with Crippen LogP contribution in [0, 0.1) is 11.3 Å². The molecule has 4 heteroatoms. The van der Waals surface area contributed by atoms with Gasteiger partial charge in [-0.15, -0.1) is 0 Å². The summed E-state index contributed by atoms with van der Waals surface area (Å²) in [5.41, 5.74) is 7.15. The highest BCUT2D eigenvalue weighted by atomic mass is 32.2. The summed E-state index contributed by atoms with van der Waals surface area (Å²) in [6.07, 6.45) is 1.74. The topological polar surface area (TPSA) is 62.7 Å². The summed E-state index contributed by atoms with van der Waals surface area (Å²) in [6.45, 7) is 0.448. The van der Waals surface area contributed by atoms with Gasteiger partial charge in [-0.3, -0.25) is 0 Å². The van der Waals surface area contributed by atoms with Gasteiger partial charge in [-0.25, -0.2) is 4.98 Å². The SMILES string of the molecule is N#Cc1cc(CN)ccc1Sc1ccccn1. The van der Waals surface area contributed by atoms with Crippen LogP contribution in [-0.2, 0) is 6.54 Å². The predicted molar refractivity (Wildman–Crippen MR) is 67.4 cm³/mol. The van der Waals surface area contributed by atoms with Gasteiger partial charge in [0.15, 0.2) is 0 Å². The van der Waals surface area contributed by atoms with Gasteiger partial charge >= 0.3 is 0 Å². The second-order valence-corrected chi connectivity index (χ2v) is 4.48. The standard InChI is InChI=1S/C13H11N3S/c14-8-10-4-5-12(11(7-10)9-15)17-13-3-1-2-6-16-13/h1-7H,8,14H2. The second-order valence-electron chi connectivity index (χ2n) is 3.42. The Hall–Kier alpha value is -1.83. The number of nitriles is 1. The molecule has 84 valence electrons. The molecule has 0 aliphatic carbocycles. The molecular weight excluding hydrogens is 230 g/mol. The number of pyridine rings is 1. The Balaban J connectivity index is 2.31. The highest BCUT2D eigenvalue weighted by Crippen LogP contribution is 2.29. The van der Waals surface area contributed by atoms with Gasteiger partial charge in [-0.05, 0) is 29.8 Å². The van der Waals surface area contributed by atoms with Gasteiger partial charge in [-0.1, -0.05) is 23.9 Å². The Kier molecular flexibility index (Phi) is 3.76. The number of benzene rings is 1. The summed E-state index contributed by atoms with van der Waals surface area (Å²) < 4.78 is 0. The largest absolute Gasteiger partial charge is 0.326 e. The van der Waals surface area contributed by atoms with Crippen LogP contribution in [0.25, 0.3) is 0 Å². The van der Waals surface area contributed by atoms with Crippen molar-refractivity contribution in [2.75, 3.05) is 0 Å². The summed E-state index contributed by atoms with van der Waals surface area (Å²) in [6, 6.07) is 13.6. The Bertz CT molecular complexity index is 546. The summed E-state index contributed by atoms with van der Waals surface area (Å²) in [7, 11) is 0. The molecule has 0 amide bonds. The van der Waals surface area contributed by atoms with E-state index in [1.165, 1.54) is 11.8 Å². The molecule has 0 radical (unpaired) electrons.